The highest BCUT2D eigenvalue weighted by atomic mass is 32.2. The number of hydrogen-bond acceptors (Lipinski definition) is 3. The van der Waals surface area contributed by atoms with Crippen LogP contribution in [-0.2, 0) is 0 Å². The van der Waals surface area contributed by atoms with Gasteiger partial charge in [0.15, 0.2) is 0 Å². The summed E-state index contributed by atoms with van der Waals surface area (Å²) in [6, 6.07) is 8.93. The maximum Gasteiger partial charge on any atom is 0.119 e. The molecular weight excluding hydrogens is 242 g/mol. The Hall–Kier alpha value is -0.670. The first-order valence-corrected chi connectivity index (χ1v) is 8.05. The van der Waals surface area contributed by atoms with E-state index in [1.807, 2.05) is 25.6 Å². The highest BCUT2D eigenvalue weighted by molar-refractivity contribution is 7.98. The van der Waals surface area contributed by atoms with Crippen molar-refractivity contribution in [1.82, 2.24) is 5.32 Å². The van der Waals surface area contributed by atoms with Gasteiger partial charge in [-0.25, -0.2) is 0 Å². The molecule has 0 saturated carbocycles. The lowest BCUT2D eigenvalue weighted by Gasteiger charge is -2.18. The van der Waals surface area contributed by atoms with Gasteiger partial charge in [0.1, 0.15) is 5.75 Å². The molecule has 0 amide bonds. The van der Waals surface area contributed by atoms with Crippen LogP contribution in [0.2, 0.25) is 0 Å². The number of benzene rings is 1. The zero-order chi connectivity index (χ0) is 13.4. The average molecular weight is 267 g/mol. The number of rotatable bonds is 8. The van der Waals surface area contributed by atoms with Gasteiger partial charge in [0.2, 0.25) is 0 Å². The predicted octanol–water partition coefficient (Wildman–Crippen LogP) is 3.88. The van der Waals surface area contributed by atoms with Crippen molar-refractivity contribution in [1.29, 1.82) is 0 Å². The van der Waals surface area contributed by atoms with Crippen molar-refractivity contribution in [2.45, 2.75) is 39.3 Å². The van der Waals surface area contributed by atoms with Gasteiger partial charge in [0, 0.05) is 6.04 Å². The molecule has 0 spiro atoms. The van der Waals surface area contributed by atoms with Crippen LogP contribution in [0.4, 0.5) is 0 Å². The second kappa shape index (κ2) is 8.44. The molecule has 0 heterocycles. The van der Waals surface area contributed by atoms with Crippen LogP contribution in [0.5, 0.6) is 5.75 Å². The summed E-state index contributed by atoms with van der Waals surface area (Å²) in [5.74, 6) is 2.14. The fourth-order valence-electron chi connectivity index (χ4n) is 1.92. The van der Waals surface area contributed by atoms with Crippen LogP contribution in [0.3, 0.4) is 0 Å². The van der Waals surface area contributed by atoms with Crippen LogP contribution in [0.1, 0.15) is 38.8 Å². The van der Waals surface area contributed by atoms with E-state index in [0.717, 1.165) is 12.3 Å². The molecule has 1 N–H and O–H groups in total. The van der Waals surface area contributed by atoms with E-state index in [0.29, 0.717) is 6.04 Å². The van der Waals surface area contributed by atoms with Crippen molar-refractivity contribution >= 4 is 11.8 Å². The van der Waals surface area contributed by atoms with Crippen LogP contribution in [0, 0.1) is 0 Å². The zero-order valence-corrected chi connectivity index (χ0v) is 12.7. The normalized spacial score (nSPS) is 12.7. The SMILES string of the molecule is CCNC(CCSC)c1ccc(OC(C)C)cc1. The Bertz CT molecular complexity index is 324. The standard InChI is InChI=1S/C15H25NOS/c1-5-16-15(10-11-18-4)13-6-8-14(9-7-13)17-12(2)3/h6-9,12,15-16H,5,10-11H2,1-4H3. The molecule has 0 aliphatic rings. The van der Waals surface area contributed by atoms with Gasteiger partial charge in [-0.1, -0.05) is 19.1 Å². The number of nitrogens with one attached hydrogen (secondary N) is 1. The van der Waals surface area contributed by atoms with Gasteiger partial charge in [0.05, 0.1) is 6.10 Å². The second-order valence-electron chi connectivity index (χ2n) is 4.63. The molecule has 0 aromatic heterocycles. The first-order valence-electron chi connectivity index (χ1n) is 6.66. The summed E-state index contributed by atoms with van der Waals surface area (Å²) in [4.78, 5) is 0. The van der Waals surface area contributed by atoms with Crippen LogP contribution in [0.15, 0.2) is 24.3 Å². The topological polar surface area (TPSA) is 21.3 Å². The third-order valence-electron chi connectivity index (χ3n) is 2.72. The summed E-state index contributed by atoms with van der Waals surface area (Å²) in [6.45, 7) is 7.26. The monoisotopic (exact) mass is 267 g/mol. The summed E-state index contributed by atoms with van der Waals surface area (Å²) < 4.78 is 5.67. The van der Waals surface area contributed by atoms with E-state index >= 15 is 0 Å². The molecule has 1 unspecified atom stereocenters. The van der Waals surface area contributed by atoms with Crippen molar-refractivity contribution in [3.05, 3.63) is 29.8 Å². The Labute approximate surface area is 116 Å². The van der Waals surface area contributed by atoms with E-state index in [2.05, 4.69) is 42.8 Å². The molecule has 1 atom stereocenters. The lowest BCUT2D eigenvalue weighted by Crippen LogP contribution is -2.21. The van der Waals surface area contributed by atoms with E-state index in [1.54, 1.807) is 0 Å². The Balaban J connectivity index is 2.67. The maximum absolute atomic E-state index is 5.67. The van der Waals surface area contributed by atoms with Gasteiger partial charge in [-0.15, -0.1) is 0 Å². The molecule has 102 valence electrons. The Morgan fingerprint density at radius 3 is 2.39 bits per heavy atom. The molecule has 1 rings (SSSR count). The highest BCUT2D eigenvalue weighted by Gasteiger charge is 2.09. The van der Waals surface area contributed by atoms with Crippen molar-refractivity contribution in [2.75, 3.05) is 18.6 Å². The molecule has 0 saturated heterocycles. The molecule has 0 aliphatic carbocycles. The molecule has 0 aliphatic heterocycles. The van der Waals surface area contributed by atoms with Crippen LogP contribution in [0.25, 0.3) is 0 Å². The average Bonchev–Trinajstić information content (AvgIpc) is 2.35. The van der Waals surface area contributed by atoms with Gasteiger partial charge in [0.25, 0.3) is 0 Å². The van der Waals surface area contributed by atoms with E-state index < -0.39 is 0 Å². The molecule has 0 radical (unpaired) electrons. The number of ether oxygens (including phenoxy) is 1. The third kappa shape index (κ3) is 5.32. The molecule has 0 bridgehead atoms. The number of thioether (sulfide) groups is 1. The highest BCUT2D eigenvalue weighted by Crippen LogP contribution is 2.22. The van der Waals surface area contributed by atoms with Crippen molar-refractivity contribution in [3.63, 3.8) is 0 Å². The minimum absolute atomic E-state index is 0.233. The Morgan fingerprint density at radius 1 is 1.22 bits per heavy atom. The predicted molar refractivity (Wildman–Crippen MR) is 81.6 cm³/mol. The molecule has 18 heavy (non-hydrogen) atoms. The van der Waals surface area contributed by atoms with E-state index in [4.69, 9.17) is 4.74 Å². The van der Waals surface area contributed by atoms with Crippen molar-refractivity contribution in [2.24, 2.45) is 0 Å². The summed E-state index contributed by atoms with van der Waals surface area (Å²) in [5.41, 5.74) is 1.35. The first kappa shape index (κ1) is 15.4. The fourth-order valence-corrected chi connectivity index (χ4v) is 2.39. The molecule has 1 aromatic rings. The third-order valence-corrected chi connectivity index (χ3v) is 3.36. The van der Waals surface area contributed by atoms with E-state index in [1.165, 1.54) is 17.7 Å². The van der Waals surface area contributed by atoms with Gasteiger partial charge >= 0.3 is 0 Å². The maximum atomic E-state index is 5.67. The minimum atomic E-state index is 0.233. The quantitative estimate of drug-likeness (QED) is 0.772. The summed E-state index contributed by atoms with van der Waals surface area (Å²) >= 11 is 1.90. The van der Waals surface area contributed by atoms with Gasteiger partial charge in [-0.05, 0) is 56.5 Å². The lowest BCUT2D eigenvalue weighted by molar-refractivity contribution is 0.242. The summed E-state index contributed by atoms with van der Waals surface area (Å²) in [6.07, 6.45) is 3.55. The van der Waals surface area contributed by atoms with Crippen LogP contribution < -0.4 is 10.1 Å². The molecule has 2 nitrogen and oxygen atoms in total. The first-order chi connectivity index (χ1) is 8.67. The molecule has 1 aromatic carbocycles. The molecular formula is C15H25NOS. The van der Waals surface area contributed by atoms with E-state index in [-0.39, 0.29) is 6.10 Å². The van der Waals surface area contributed by atoms with Crippen molar-refractivity contribution in [3.8, 4) is 5.75 Å². The smallest absolute Gasteiger partial charge is 0.119 e. The van der Waals surface area contributed by atoms with Crippen molar-refractivity contribution < 1.29 is 4.74 Å². The van der Waals surface area contributed by atoms with Gasteiger partial charge in [-0.3, -0.25) is 0 Å². The fraction of sp³-hybridized carbons (Fsp3) is 0.600. The summed E-state index contributed by atoms with van der Waals surface area (Å²) in [5, 5.41) is 3.54. The van der Waals surface area contributed by atoms with Gasteiger partial charge in [-0.2, -0.15) is 11.8 Å². The van der Waals surface area contributed by atoms with Gasteiger partial charge < -0.3 is 10.1 Å². The largest absolute Gasteiger partial charge is 0.491 e. The van der Waals surface area contributed by atoms with E-state index in [9.17, 15) is 0 Å². The lowest BCUT2D eigenvalue weighted by atomic mass is 10.0. The Kier molecular flexibility index (Phi) is 7.21. The zero-order valence-electron chi connectivity index (χ0n) is 11.9. The minimum Gasteiger partial charge on any atom is -0.491 e. The second-order valence-corrected chi connectivity index (χ2v) is 5.61. The Morgan fingerprint density at radius 2 is 1.89 bits per heavy atom. The molecule has 3 heteroatoms. The number of hydrogen-bond donors (Lipinski definition) is 1. The summed E-state index contributed by atoms with van der Waals surface area (Å²) in [7, 11) is 0. The molecule has 0 fully saturated rings. The van der Waals surface area contributed by atoms with Crippen LogP contribution >= 0.6 is 11.8 Å². The van der Waals surface area contributed by atoms with Crippen LogP contribution in [-0.4, -0.2) is 24.7 Å².